The molecule has 0 fully saturated rings. The zero-order valence-electron chi connectivity index (χ0n) is 14.7. The molecule has 0 radical (unpaired) electrons. The fourth-order valence-corrected chi connectivity index (χ4v) is 2.93. The Bertz CT molecular complexity index is 1110. The Morgan fingerprint density at radius 1 is 1.15 bits per heavy atom. The predicted octanol–water partition coefficient (Wildman–Crippen LogP) is 3.09. The van der Waals surface area contributed by atoms with Gasteiger partial charge in [0, 0.05) is 11.6 Å². The van der Waals surface area contributed by atoms with Gasteiger partial charge in [0.05, 0.1) is 23.4 Å². The second-order valence-corrected chi connectivity index (χ2v) is 6.22. The van der Waals surface area contributed by atoms with Crippen molar-refractivity contribution in [2.45, 2.75) is 13.0 Å². The standard InChI is InChI=1S/C20H18N6O/c1-13(14-5-3-2-4-6-14)24-18-10-22-11-19(25-18)26-12-23-16-8-7-15(20(21)27)9-17(16)26/h2-13H,1H3,(H2,21,27)(H,24,25)/t13-/m0/s1. The van der Waals surface area contributed by atoms with Crippen LogP contribution in [0.2, 0.25) is 0 Å². The summed E-state index contributed by atoms with van der Waals surface area (Å²) < 4.78 is 1.78. The normalized spacial score (nSPS) is 12.0. The van der Waals surface area contributed by atoms with E-state index >= 15 is 0 Å². The van der Waals surface area contributed by atoms with Crippen LogP contribution in [0.25, 0.3) is 16.9 Å². The maximum Gasteiger partial charge on any atom is 0.248 e. The van der Waals surface area contributed by atoms with Crippen LogP contribution in [0.3, 0.4) is 0 Å². The van der Waals surface area contributed by atoms with E-state index in [9.17, 15) is 4.79 Å². The summed E-state index contributed by atoms with van der Waals surface area (Å²) in [6.07, 6.45) is 4.98. The minimum atomic E-state index is -0.483. The quantitative estimate of drug-likeness (QED) is 0.571. The van der Waals surface area contributed by atoms with Gasteiger partial charge in [0.25, 0.3) is 0 Å². The molecular formula is C20H18N6O. The number of benzene rings is 2. The molecule has 1 amide bonds. The first-order valence-electron chi connectivity index (χ1n) is 8.52. The lowest BCUT2D eigenvalue weighted by molar-refractivity contribution is 0.100. The highest BCUT2D eigenvalue weighted by Crippen LogP contribution is 2.21. The SMILES string of the molecule is C[C@H](Nc1cncc(-n2cnc3ccc(C(N)=O)cc32)n1)c1ccccc1. The summed E-state index contributed by atoms with van der Waals surface area (Å²) in [6, 6.07) is 15.3. The number of rotatable bonds is 5. The molecule has 0 aliphatic heterocycles. The molecule has 7 nitrogen and oxygen atoms in total. The number of aromatic nitrogens is 4. The number of nitrogens with two attached hydrogens (primary N) is 1. The van der Waals surface area contributed by atoms with Crippen LogP contribution in [0.15, 0.2) is 67.3 Å². The molecule has 0 aliphatic rings. The summed E-state index contributed by atoms with van der Waals surface area (Å²) in [5, 5.41) is 3.36. The van der Waals surface area contributed by atoms with Crippen molar-refractivity contribution in [3.63, 3.8) is 0 Å². The third kappa shape index (κ3) is 3.35. The van der Waals surface area contributed by atoms with Crippen LogP contribution in [0, 0.1) is 0 Å². The van der Waals surface area contributed by atoms with Crippen molar-refractivity contribution in [3.05, 3.63) is 78.4 Å². The fraction of sp³-hybridized carbons (Fsp3) is 0.100. The Morgan fingerprint density at radius 2 is 1.96 bits per heavy atom. The number of fused-ring (bicyclic) bond motifs is 1. The van der Waals surface area contributed by atoms with Crippen LogP contribution in [-0.4, -0.2) is 25.4 Å². The van der Waals surface area contributed by atoms with E-state index in [1.54, 1.807) is 41.5 Å². The smallest absolute Gasteiger partial charge is 0.248 e. The topological polar surface area (TPSA) is 98.7 Å². The number of nitrogens with zero attached hydrogens (tertiary/aromatic N) is 4. The average molecular weight is 358 g/mol. The van der Waals surface area contributed by atoms with E-state index in [4.69, 9.17) is 5.73 Å². The number of amides is 1. The molecule has 134 valence electrons. The van der Waals surface area contributed by atoms with E-state index in [2.05, 4.69) is 39.3 Å². The van der Waals surface area contributed by atoms with Gasteiger partial charge in [-0.3, -0.25) is 14.3 Å². The van der Waals surface area contributed by atoms with Crippen LogP contribution < -0.4 is 11.1 Å². The molecule has 0 unspecified atom stereocenters. The van der Waals surface area contributed by atoms with Gasteiger partial charge >= 0.3 is 0 Å². The molecule has 0 aliphatic carbocycles. The average Bonchev–Trinajstić information content (AvgIpc) is 3.12. The number of anilines is 1. The lowest BCUT2D eigenvalue weighted by Crippen LogP contribution is -2.11. The Morgan fingerprint density at radius 3 is 2.74 bits per heavy atom. The van der Waals surface area contributed by atoms with Gasteiger partial charge in [-0.1, -0.05) is 30.3 Å². The summed E-state index contributed by atoms with van der Waals surface area (Å²) in [4.78, 5) is 24.8. The summed E-state index contributed by atoms with van der Waals surface area (Å²) in [7, 11) is 0. The molecule has 2 aromatic heterocycles. The van der Waals surface area contributed by atoms with Crippen molar-refractivity contribution in [1.82, 2.24) is 19.5 Å². The Balaban J connectivity index is 1.67. The largest absolute Gasteiger partial charge is 0.366 e. The summed E-state index contributed by atoms with van der Waals surface area (Å²) >= 11 is 0. The molecule has 2 aromatic carbocycles. The highest BCUT2D eigenvalue weighted by molar-refractivity contribution is 5.96. The lowest BCUT2D eigenvalue weighted by Gasteiger charge is -2.15. The summed E-state index contributed by atoms with van der Waals surface area (Å²) in [6.45, 7) is 2.06. The Labute approximate surface area is 155 Å². The van der Waals surface area contributed by atoms with Crippen molar-refractivity contribution in [3.8, 4) is 5.82 Å². The number of hydrogen-bond donors (Lipinski definition) is 2. The first-order chi connectivity index (χ1) is 13.1. The van der Waals surface area contributed by atoms with Crippen LogP contribution in [0.4, 0.5) is 5.82 Å². The van der Waals surface area contributed by atoms with Gasteiger partial charge in [-0.05, 0) is 30.7 Å². The third-order valence-electron chi connectivity index (χ3n) is 4.36. The van der Waals surface area contributed by atoms with Crippen LogP contribution >= 0.6 is 0 Å². The highest BCUT2D eigenvalue weighted by Gasteiger charge is 2.11. The number of carbonyl (C=O) groups excluding carboxylic acids is 1. The molecule has 0 spiro atoms. The van der Waals surface area contributed by atoms with Gasteiger partial charge in [0.2, 0.25) is 5.91 Å². The molecule has 3 N–H and O–H groups in total. The fourth-order valence-electron chi connectivity index (χ4n) is 2.93. The number of hydrogen-bond acceptors (Lipinski definition) is 5. The van der Waals surface area contributed by atoms with Gasteiger partial charge < -0.3 is 11.1 Å². The monoisotopic (exact) mass is 358 g/mol. The van der Waals surface area contributed by atoms with Crippen LogP contribution in [0.5, 0.6) is 0 Å². The third-order valence-corrected chi connectivity index (χ3v) is 4.36. The number of nitrogens with one attached hydrogen (secondary N) is 1. The van der Waals surface area contributed by atoms with Gasteiger partial charge in [0.1, 0.15) is 12.1 Å². The van der Waals surface area contributed by atoms with Crippen molar-refractivity contribution < 1.29 is 4.79 Å². The van der Waals surface area contributed by atoms with Crippen LogP contribution in [-0.2, 0) is 0 Å². The van der Waals surface area contributed by atoms with Crippen molar-refractivity contribution in [2.24, 2.45) is 5.73 Å². The van der Waals surface area contributed by atoms with Gasteiger partial charge in [-0.15, -0.1) is 0 Å². The van der Waals surface area contributed by atoms with Crippen molar-refractivity contribution in [2.75, 3.05) is 5.32 Å². The number of primary amides is 1. The van der Waals surface area contributed by atoms with Crippen LogP contribution in [0.1, 0.15) is 28.9 Å². The molecule has 0 saturated carbocycles. The van der Waals surface area contributed by atoms with E-state index < -0.39 is 5.91 Å². The van der Waals surface area contributed by atoms with Crippen molar-refractivity contribution >= 4 is 22.8 Å². The van der Waals surface area contributed by atoms with E-state index in [0.717, 1.165) is 16.6 Å². The minimum absolute atomic E-state index is 0.0803. The van der Waals surface area contributed by atoms with E-state index in [1.807, 2.05) is 18.2 Å². The molecule has 27 heavy (non-hydrogen) atoms. The first kappa shape index (κ1) is 16.7. The molecule has 0 saturated heterocycles. The lowest BCUT2D eigenvalue weighted by atomic mass is 10.1. The minimum Gasteiger partial charge on any atom is -0.366 e. The molecule has 4 rings (SSSR count). The van der Waals surface area contributed by atoms with Gasteiger partial charge in [-0.25, -0.2) is 9.97 Å². The van der Waals surface area contributed by atoms with Crippen molar-refractivity contribution in [1.29, 1.82) is 0 Å². The Hall–Kier alpha value is -3.74. The van der Waals surface area contributed by atoms with E-state index in [0.29, 0.717) is 17.2 Å². The second kappa shape index (κ2) is 6.87. The zero-order chi connectivity index (χ0) is 18.8. The predicted molar refractivity (Wildman–Crippen MR) is 104 cm³/mol. The summed E-state index contributed by atoms with van der Waals surface area (Å²) in [5.41, 5.74) is 8.46. The molecule has 1 atom stereocenters. The zero-order valence-corrected chi connectivity index (χ0v) is 14.7. The Kier molecular flexibility index (Phi) is 4.25. The van der Waals surface area contributed by atoms with E-state index in [-0.39, 0.29) is 6.04 Å². The maximum absolute atomic E-state index is 11.5. The number of imidazole rings is 1. The maximum atomic E-state index is 11.5. The van der Waals surface area contributed by atoms with E-state index in [1.165, 1.54) is 0 Å². The number of carbonyl (C=O) groups is 1. The molecule has 7 heteroatoms. The molecular weight excluding hydrogens is 340 g/mol. The summed E-state index contributed by atoms with van der Waals surface area (Å²) in [5.74, 6) is 0.768. The van der Waals surface area contributed by atoms with Gasteiger partial charge in [-0.2, -0.15) is 0 Å². The second-order valence-electron chi connectivity index (χ2n) is 6.22. The molecule has 4 aromatic rings. The van der Waals surface area contributed by atoms with Gasteiger partial charge in [0.15, 0.2) is 5.82 Å². The molecule has 2 heterocycles. The highest BCUT2D eigenvalue weighted by atomic mass is 16.1. The molecule has 0 bridgehead atoms. The first-order valence-corrected chi connectivity index (χ1v) is 8.52.